The first-order chi connectivity index (χ1) is 20.0. The molecule has 1 amide bonds. The molecule has 0 aliphatic carbocycles. The van der Waals surface area contributed by atoms with Crippen molar-refractivity contribution >= 4 is 31.9 Å². The van der Waals surface area contributed by atoms with Crippen LogP contribution >= 0.6 is 15.9 Å². The van der Waals surface area contributed by atoms with Gasteiger partial charge in [-0.2, -0.15) is 17.5 Å². The number of carbonyl (C=O) groups is 1. The highest BCUT2D eigenvalue weighted by atomic mass is 79.9. The van der Waals surface area contributed by atoms with Gasteiger partial charge in [0.1, 0.15) is 0 Å². The molecule has 0 saturated heterocycles. The monoisotopic (exact) mass is 671 g/mol. The van der Waals surface area contributed by atoms with Gasteiger partial charge in [0.25, 0.3) is 0 Å². The van der Waals surface area contributed by atoms with Gasteiger partial charge < -0.3 is 14.2 Å². The van der Waals surface area contributed by atoms with E-state index in [0.29, 0.717) is 32.2 Å². The van der Waals surface area contributed by atoms with E-state index in [0.717, 1.165) is 44.7 Å². The second-order valence-corrected chi connectivity index (χ2v) is 12.7. The number of aromatic nitrogens is 1. The van der Waals surface area contributed by atoms with E-state index in [1.54, 1.807) is 11.8 Å². The maximum Gasteiger partial charge on any atom is 0.416 e. The molecular formula is C30H37BrF3N3O4S. The van der Waals surface area contributed by atoms with E-state index in [1.165, 1.54) is 0 Å². The van der Waals surface area contributed by atoms with Crippen molar-refractivity contribution < 1.29 is 31.1 Å². The maximum atomic E-state index is 13.7. The molecule has 2 aromatic carbocycles. The standard InChI is InChI=1S/C30H37BrF3N3O4S/c1-3-5-16-36(22-27-10-7-17-35(27)21-24-12-14-26(31)15-13-24)29(38)23-37(18-8-19-41-4-2)42(39,40)28-11-6-9-25(20-28)30(32,33)34/h6-7,9-15,17,20H,3-5,8,16,18-19,21-23H2,1-2H3. The van der Waals surface area contributed by atoms with Crippen molar-refractivity contribution in [1.29, 1.82) is 0 Å². The Kier molecular flexibility index (Phi) is 12.6. The molecule has 1 aromatic heterocycles. The predicted octanol–water partition coefficient (Wildman–Crippen LogP) is 6.56. The lowest BCUT2D eigenvalue weighted by molar-refractivity contribution is -0.137. The van der Waals surface area contributed by atoms with Crippen LogP contribution in [-0.4, -0.2) is 60.9 Å². The van der Waals surface area contributed by atoms with Gasteiger partial charge in [-0.1, -0.05) is 47.5 Å². The molecule has 0 aliphatic rings. The van der Waals surface area contributed by atoms with Crippen molar-refractivity contribution in [2.75, 3.05) is 32.8 Å². The molecule has 0 fully saturated rings. The van der Waals surface area contributed by atoms with Crippen LogP contribution in [0.4, 0.5) is 13.2 Å². The van der Waals surface area contributed by atoms with Crippen molar-refractivity contribution in [3.63, 3.8) is 0 Å². The minimum Gasteiger partial charge on any atom is -0.382 e. The number of nitrogens with zero attached hydrogens (tertiary/aromatic N) is 3. The van der Waals surface area contributed by atoms with E-state index in [-0.39, 0.29) is 26.1 Å². The first-order valence-corrected chi connectivity index (χ1v) is 16.1. The number of sulfonamides is 1. The Morgan fingerprint density at radius 1 is 1.00 bits per heavy atom. The Hall–Kier alpha value is -2.67. The molecule has 0 radical (unpaired) electrons. The summed E-state index contributed by atoms with van der Waals surface area (Å²) < 4.78 is 76.6. The third-order valence-corrected chi connectivity index (χ3v) is 9.06. The van der Waals surface area contributed by atoms with E-state index < -0.39 is 39.1 Å². The lowest BCUT2D eigenvalue weighted by Gasteiger charge is -2.28. The Bertz CT molecular complexity index is 1400. The van der Waals surface area contributed by atoms with Gasteiger partial charge in [0.05, 0.1) is 23.5 Å². The minimum atomic E-state index is -4.71. The number of amides is 1. The van der Waals surface area contributed by atoms with Crippen LogP contribution in [0.5, 0.6) is 0 Å². The fraction of sp³-hybridized carbons (Fsp3) is 0.433. The molecule has 0 unspecified atom stereocenters. The summed E-state index contributed by atoms with van der Waals surface area (Å²) in [5.74, 6) is -0.424. The summed E-state index contributed by atoms with van der Waals surface area (Å²) in [6.45, 7) is 5.18. The number of hydrogen-bond acceptors (Lipinski definition) is 4. The van der Waals surface area contributed by atoms with Crippen LogP contribution in [0.3, 0.4) is 0 Å². The van der Waals surface area contributed by atoms with Crippen molar-refractivity contribution in [1.82, 2.24) is 13.8 Å². The highest BCUT2D eigenvalue weighted by Gasteiger charge is 2.34. The molecule has 0 N–H and O–H groups in total. The summed E-state index contributed by atoms with van der Waals surface area (Å²) in [5.41, 5.74) is 0.890. The number of rotatable bonds is 16. The molecule has 0 bridgehead atoms. The number of benzene rings is 2. The van der Waals surface area contributed by atoms with Gasteiger partial charge in [0.15, 0.2) is 0 Å². The summed E-state index contributed by atoms with van der Waals surface area (Å²) in [7, 11) is -4.41. The predicted molar refractivity (Wildman–Crippen MR) is 159 cm³/mol. The fourth-order valence-corrected chi connectivity index (χ4v) is 6.11. The third-order valence-electron chi connectivity index (χ3n) is 6.69. The molecule has 42 heavy (non-hydrogen) atoms. The molecule has 3 rings (SSSR count). The van der Waals surface area contributed by atoms with Crippen LogP contribution in [0.25, 0.3) is 0 Å². The average Bonchev–Trinajstić information content (AvgIpc) is 3.39. The van der Waals surface area contributed by atoms with Gasteiger partial charge in [-0.3, -0.25) is 4.79 Å². The van der Waals surface area contributed by atoms with Crippen LogP contribution in [0, 0.1) is 0 Å². The number of carbonyl (C=O) groups excluding carboxylic acids is 1. The Labute approximate surface area is 254 Å². The highest BCUT2D eigenvalue weighted by molar-refractivity contribution is 9.10. The second-order valence-electron chi connectivity index (χ2n) is 9.84. The molecule has 12 heteroatoms. The number of halogens is 4. The zero-order chi connectivity index (χ0) is 30.8. The average molecular weight is 673 g/mol. The molecular weight excluding hydrogens is 635 g/mol. The van der Waals surface area contributed by atoms with Gasteiger partial charge in [-0.05, 0) is 67.8 Å². The van der Waals surface area contributed by atoms with E-state index in [4.69, 9.17) is 4.74 Å². The summed E-state index contributed by atoms with van der Waals surface area (Å²) in [6.07, 6.45) is -0.959. The summed E-state index contributed by atoms with van der Waals surface area (Å²) in [5, 5.41) is 0. The number of hydrogen-bond donors (Lipinski definition) is 0. The van der Waals surface area contributed by atoms with E-state index in [9.17, 15) is 26.4 Å². The third kappa shape index (κ3) is 9.68. The van der Waals surface area contributed by atoms with Crippen molar-refractivity contribution in [3.05, 3.63) is 88.2 Å². The SMILES string of the molecule is CCCCN(Cc1cccn1Cc1ccc(Br)cc1)C(=O)CN(CCCOCC)S(=O)(=O)c1cccc(C(F)(F)F)c1. The van der Waals surface area contributed by atoms with Crippen LogP contribution in [0.15, 0.2) is 76.2 Å². The molecule has 0 saturated carbocycles. The smallest absolute Gasteiger partial charge is 0.382 e. The van der Waals surface area contributed by atoms with Crippen LogP contribution < -0.4 is 0 Å². The van der Waals surface area contributed by atoms with Crippen molar-refractivity contribution in [2.24, 2.45) is 0 Å². The van der Waals surface area contributed by atoms with Crippen molar-refractivity contribution in [3.8, 4) is 0 Å². The molecule has 0 atom stereocenters. The Balaban J connectivity index is 1.85. The van der Waals surface area contributed by atoms with Crippen LogP contribution in [-0.2, 0) is 38.8 Å². The van der Waals surface area contributed by atoms with Gasteiger partial charge in [-0.25, -0.2) is 8.42 Å². The molecule has 230 valence electrons. The minimum absolute atomic E-state index is 0.0775. The molecule has 1 heterocycles. The van der Waals surface area contributed by atoms with Gasteiger partial charge in [0, 0.05) is 49.2 Å². The first-order valence-electron chi connectivity index (χ1n) is 13.9. The lowest BCUT2D eigenvalue weighted by Crippen LogP contribution is -2.43. The quantitative estimate of drug-likeness (QED) is 0.162. The van der Waals surface area contributed by atoms with E-state index in [2.05, 4.69) is 15.9 Å². The highest BCUT2D eigenvalue weighted by Crippen LogP contribution is 2.31. The molecule has 3 aromatic rings. The number of alkyl halides is 3. The topological polar surface area (TPSA) is 71.9 Å². The van der Waals surface area contributed by atoms with Gasteiger partial charge in [-0.15, -0.1) is 0 Å². The maximum absolute atomic E-state index is 13.7. The molecule has 0 spiro atoms. The number of unbranched alkanes of at least 4 members (excludes halogenated alkanes) is 1. The fourth-order valence-electron chi connectivity index (χ4n) is 4.37. The summed E-state index contributed by atoms with van der Waals surface area (Å²) >= 11 is 3.44. The molecule has 0 aliphatic heterocycles. The van der Waals surface area contributed by atoms with Gasteiger partial charge in [0.2, 0.25) is 15.9 Å². The second kappa shape index (κ2) is 15.7. The van der Waals surface area contributed by atoms with Crippen LogP contribution in [0.2, 0.25) is 0 Å². The summed E-state index contributed by atoms with van der Waals surface area (Å²) in [6, 6.07) is 15.4. The Morgan fingerprint density at radius 3 is 2.40 bits per heavy atom. The van der Waals surface area contributed by atoms with Gasteiger partial charge >= 0.3 is 6.18 Å². The zero-order valence-corrected chi connectivity index (χ0v) is 26.2. The molecule has 7 nitrogen and oxygen atoms in total. The normalized spacial score (nSPS) is 12.2. The summed E-state index contributed by atoms with van der Waals surface area (Å²) in [4.78, 5) is 14.8. The van der Waals surface area contributed by atoms with E-state index in [1.807, 2.05) is 54.1 Å². The van der Waals surface area contributed by atoms with Crippen molar-refractivity contribution in [2.45, 2.75) is 57.3 Å². The number of ether oxygens (including phenoxy) is 1. The first kappa shape index (κ1) is 33.8. The largest absolute Gasteiger partial charge is 0.416 e. The Morgan fingerprint density at radius 2 is 1.74 bits per heavy atom. The van der Waals surface area contributed by atoms with E-state index >= 15 is 0 Å². The lowest BCUT2D eigenvalue weighted by atomic mass is 10.2. The van der Waals surface area contributed by atoms with Crippen LogP contribution in [0.1, 0.15) is 49.9 Å². The zero-order valence-electron chi connectivity index (χ0n) is 23.8.